The van der Waals surface area contributed by atoms with E-state index in [0.29, 0.717) is 18.1 Å². The molecule has 0 aromatic heterocycles. The monoisotopic (exact) mass is 187 g/mol. The smallest absolute Gasteiger partial charge is 0.236 e. The normalized spacial score (nSPS) is 19.8. The first-order valence-corrected chi connectivity index (χ1v) is 4.25. The third-order valence-electron chi connectivity index (χ3n) is 1.92. The summed E-state index contributed by atoms with van der Waals surface area (Å²) in [5.41, 5.74) is 5.37. The molecular formula is C7H13N3OS. The molecular weight excluding hydrogens is 174 g/mol. The van der Waals surface area contributed by atoms with E-state index in [1.54, 1.807) is 11.9 Å². The van der Waals surface area contributed by atoms with Crippen molar-refractivity contribution in [2.75, 3.05) is 33.2 Å². The Balaban J connectivity index is 2.40. The Morgan fingerprint density at radius 2 is 2.33 bits per heavy atom. The van der Waals surface area contributed by atoms with Crippen molar-refractivity contribution in [1.82, 2.24) is 9.80 Å². The zero-order chi connectivity index (χ0) is 9.14. The van der Waals surface area contributed by atoms with Crippen LogP contribution in [0.3, 0.4) is 0 Å². The lowest BCUT2D eigenvalue weighted by molar-refractivity contribution is -0.134. The molecule has 0 aliphatic carbocycles. The fraction of sp³-hybridized carbons (Fsp3) is 0.714. The van der Waals surface area contributed by atoms with Crippen molar-refractivity contribution in [2.45, 2.75) is 0 Å². The molecule has 4 nitrogen and oxygen atoms in total. The lowest BCUT2D eigenvalue weighted by Gasteiger charge is -2.31. The third kappa shape index (κ3) is 2.42. The van der Waals surface area contributed by atoms with Gasteiger partial charge >= 0.3 is 0 Å². The molecule has 1 amide bonds. The number of likely N-dealkylation sites (N-methyl/N-ethyl adjacent to an activating group) is 1. The van der Waals surface area contributed by atoms with Gasteiger partial charge in [-0.2, -0.15) is 0 Å². The van der Waals surface area contributed by atoms with Gasteiger partial charge in [-0.25, -0.2) is 0 Å². The summed E-state index contributed by atoms with van der Waals surface area (Å²) in [5.74, 6) is 0.137. The number of hydrogen-bond acceptors (Lipinski definition) is 3. The zero-order valence-corrected chi connectivity index (χ0v) is 7.93. The predicted molar refractivity (Wildman–Crippen MR) is 50.9 cm³/mol. The molecule has 12 heavy (non-hydrogen) atoms. The fourth-order valence-electron chi connectivity index (χ4n) is 1.16. The van der Waals surface area contributed by atoms with Gasteiger partial charge in [-0.3, -0.25) is 9.69 Å². The molecule has 1 rings (SSSR count). The summed E-state index contributed by atoms with van der Waals surface area (Å²) in [6.45, 7) is 2.61. The first-order valence-electron chi connectivity index (χ1n) is 3.84. The van der Waals surface area contributed by atoms with E-state index in [-0.39, 0.29) is 5.91 Å². The molecule has 1 aliphatic rings. The van der Waals surface area contributed by atoms with E-state index in [0.717, 1.165) is 13.1 Å². The standard InChI is InChI=1S/C7H13N3OS/c1-9-2-3-10(4-6(8)12)5-7(9)11/h2-5H2,1H3,(H2,8,12). The Morgan fingerprint density at radius 3 is 2.83 bits per heavy atom. The van der Waals surface area contributed by atoms with Gasteiger partial charge in [0.1, 0.15) is 0 Å². The van der Waals surface area contributed by atoms with E-state index in [2.05, 4.69) is 0 Å². The number of thiocarbonyl (C=S) groups is 1. The maximum atomic E-state index is 11.2. The molecule has 0 spiro atoms. The summed E-state index contributed by atoms with van der Waals surface area (Å²) >= 11 is 4.76. The van der Waals surface area contributed by atoms with Gasteiger partial charge in [0, 0.05) is 26.7 Å². The summed E-state index contributed by atoms with van der Waals surface area (Å²) in [7, 11) is 1.81. The van der Waals surface area contributed by atoms with Gasteiger partial charge in [0.2, 0.25) is 5.91 Å². The maximum absolute atomic E-state index is 11.2. The van der Waals surface area contributed by atoms with Crippen LogP contribution in [-0.2, 0) is 4.79 Å². The van der Waals surface area contributed by atoms with Crippen molar-refractivity contribution < 1.29 is 4.79 Å². The fourth-order valence-corrected chi connectivity index (χ4v) is 1.35. The minimum Gasteiger partial charge on any atom is -0.392 e. The third-order valence-corrected chi connectivity index (χ3v) is 2.04. The number of carbonyl (C=O) groups excluding carboxylic acids is 1. The second-order valence-electron chi connectivity index (χ2n) is 2.99. The molecule has 0 aromatic rings. The van der Waals surface area contributed by atoms with Crippen molar-refractivity contribution >= 4 is 23.1 Å². The highest BCUT2D eigenvalue weighted by molar-refractivity contribution is 7.80. The van der Waals surface area contributed by atoms with Crippen molar-refractivity contribution in [3.63, 3.8) is 0 Å². The number of hydrogen-bond donors (Lipinski definition) is 1. The van der Waals surface area contributed by atoms with Crippen LogP contribution in [0.4, 0.5) is 0 Å². The topological polar surface area (TPSA) is 49.6 Å². The Hall–Kier alpha value is -0.680. The van der Waals surface area contributed by atoms with E-state index in [1.807, 2.05) is 4.90 Å². The summed E-state index contributed by atoms with van der Waals surface area (Å²) in [6.07, 6.45) is 0. The first-order chi connectivity index (χ1) is 5.59. The highest BCUT2D eigenvalue weighted by Crippen LogP contribution is 1.99. The largest absolute Gasteiger partial charge is 0.392 e. The molecule has 0 aromatic carbocycles. The molecule has 0 atom stereocenters. The molecule has 0 unspecified atom stereocenters. The quantitative estimate of drug-likeness (QED) is 0.566. The summed E-state index contributed by atoms with van der Waals surface area (Å²) in [5, 5.41) is 0. The van der Waals surface area contributed by atoms with Crippen LogP contribution in [0.5, 0.6) is 0 Å². The van der Waals surface area contributed by atoms with Crippen LogP contribution in [0.25, 0.3) is 0 Å². The molecule has 0 saturated carbocycles. The number of carbonyl (C=O) groups is 1. The minimum absolute atomic E-state index is 0.137. The van der Waals surface area contributed by atoms with Crippen LogP contribution in [0.15, 0.2) is 0 Å². The van der Waals surface area contributed by atoms with Crippen molar-refractivity contribution in [2.24, 2.45) is 5.73 Å². The lowest BCUT2D eigenvalue weighted by atomic mass is 10.3. The summed E-state index contributed by atoms with van der Waals surface area (Å²) in [4.78, 5) is 15.3. The highest BCUT2D eigenvalue weighted by atomic mass is 32.1. The molecule has 0 radical (unpaired) electrons. The molecule has 5 heteroatoms. The van der Waals surface area contributed by atoms with Gasteiger partial charge in [-0.15, -0.1) is 0 Å². The van der Waals surface area contributed by atoms with Gasteiger partial charge in [-0.05, 0) is 0 Å². The highest BCUT2D eigenvalue weighted by Gasteiger charge is 2.20. The van der Waals surface area contributed by atoms with Gasteiger partial charge in [0.25, 0.3) is 0 Å². The van der Waals surface area contributed by atoms with Crippen LogP contribution in [-0.4, -0.2) is 53.9 Å². The molecule has 1 aliphatic heterocycles. The van der Waals surface area contributed by atoms with Gasteiger partial charge in [0.15, 0.2) is 0 Å². The molecule has 2 N–H and O–H groups in total. The van der Waals surface area contributed by atoms with E-state index in [1.165, 1.54) is 0 Å². The van der Waals surface area contributed by atoms with Gasteiger partial charge in [0.05, 0.1) is 11.5 Å². The Bertz CT molecular complexity index is 207. The zero-order valence-electron chi connectivity index (χ0n) is 7.12. The second kappa shape index (κ2) is 3.82. The summed E-state index contributed by atoms with van der Waals surface area (Å²) in [6, 6.07) is 0. The van der Waals surface area contributed by atoms with Crippen LogP contribution < -0.4 is 5.73 Å². The summed E-state index contributed by atoms with van der Waals surface area (Å²) < 4.78 is 0. The van der Waals surface area contributed by atoms with Crippen LogP contribution >= 0.6 is 12.2 Å². The molecule has 1 heterocycles. The Labute approximate surface area is 77.3 Å². The SMILES string of the molecule is CN1CCN(CC(N)=S)CC1=O. The second-order valence-corrected chi connectivity index (χ2v) is 3.52. The van der Waals surface area contributed by atoms with Crippen LogP contribution in [0.2, 0.25) is 0 Å². The average Bonchev–Trinajstić information content (AvgIpc) is 1.96. The molecule has 0 bridgehead atoms. The number of nitrogens with two attached hydrogens (primary N) is 1. The minimum atomic E-state index is 0.137. The molecule has 1 fully saturated rings. The van der Waals surface area contributed by atoms with E-state index in [9.17, 15) is 4.79 Å². The predicted octanol–water partition coefficient (Wildman–Crippen LogP) is -0.953. The van der Waals surface area contributed by atoms with Crippen molar-refractivity contribution in [1.29, 1.82) is 0 Å². The van der Waals surface area contributed by atoms with Crippen LogP contribution in [0, 0.1) is 0 Å². The van der Waals surface area contributed by atoms with Gasteiger partial charge in [-0.1, -0.05) is 12.2 Å². The van der Waals surface area contributed by atoms with Crippen molar-refractivity contribution in [3.8, 4) is 0 Å². The van der Waals surface area contributed by atoms with Gasteiger partial charge < -0.3 is 10.6 Å². The lowest BCUT2D eigenvalue weighted by Crippen LogP contribution is -2.50. The first kappa shape index (κ1) is 9.41. The van der Waals surface area contributed by atoms with E-state index in [4.69, 9.17) is 18.0 Å². The molecule has 68 valence electrons. The number of piperazine rings is 1. The Morgan fingerprint density at radius 1 is 1.67 bits per heavy atom. The average molecular weight is 187 g/mol. The number of amides is 1. The maximum Gasteiger partial charge on any atom is 0.236 e. The molecule has 1 saturated heterocycles. The van der Waals surface area contributed by atoms with Crippen molar-refractivity contribution in [3.05, 3.63) is 0 Å². The number of nitrogens with zero attached hydrogens (tertiary/aromatic N) is 2. The van der Waals surface area contributed by atoms with E-state index >= 15 is 0 Å². The van der Waals surface area contributed by atoms with E-state index < -0.39 is 0 Å². The van der Waals surface area contributed by atoms with Crippen LogP contribution in [0.1, 0.15) is 0 Å². The number of rotatable bonds is 2. The Kier molecular flexibility index (Phi) is 2.99.